The normalized spacial score (nSPS) is 32.5. The van der Waals surface area contributed by atoms with Crippen molar-refractivity contribution in [1.82, 2.24) is 4.90 Å². The molecule has 1 N–H and O–H groups in total. The van der Waals surface area contributed by atoms with Crippen LogP contribution in [-0.4, -0.2) is 35.1 Å². The second-order valence-electron chi connectivity index (χ2n) is 3.37. The Balaban J connectivity index is 2.42. The minimum Gasteiger partial charge on any atom is -0.480 e. The number of hydrogen-bond donors (Lipinski definition) is 1. The van der Waals surface area contributed by atoms with E-state index in [0.29, 0.717) is 12.0 Å². The van der Waals surface area contributed by atoms with Crippen molar-refractivity contribution in [3.8, 4) is 0 Å². The highest BCUT2D eigenvalue weighted by Gasteiger charge is 2.28. The summed E-state index contributed by atoms with van der Waals surface area (Å²) in [7, 11) is 0. The fourth-order valence-electron chi connectivity index (χ4n) is 1.57. The lowest BCUT2D eigenvalue weighted by atomic mass is 10.1. The van der Waals surface area contributed by atoms with Gasteiger partial charge in [0.05, 0.1) is 6.54 Å². The van der Waals surface area contributed by atoms with Crippen molar-refractivity contribution in [3.63, 3.8) is 0 Å². The fourth-order valence-corrected chi connectivity index (χ4v) is 1.57. The Morgan fingerprint density at radius 2 is 2.27 bits per heavy atom. The van der Waals surface area contributed by atoms with Crippen molar-refractivity contribution in [2.75, 3.05) is 13.1 Å². The summed E-state index contributed by atoms with van der Waals surface area (Å²) in [5.74, 6) is -0.0692. The molecule has 0 bridgehead atoms. The maximum atomic E-state index is 10.4. The molecule has 1 fully saturated rings. The predicted molar refractivity (Wildman–Crippen MR) is 42.5 cm³/mol. The molecule has 0 aromatic carbocycles. The molecule has 0 aromatic rings. The number of hydrogen-bond acceptors (Lipinski definition) is 2. The van der Waals surface area contributed by atoms with Crippen LogP contribution in [0.2, 0.25) is 0 Å². The molecule has 0 spiro atoms. The Morgan fingerprint density at radius 1 is 1.64 bits per heavy atom. The Labute approximate surface area is 67.0 Å². The van der Waals surface area contributed by atoms with Gasteiger partial charge in [-0.3, -0.25) is 9.69 Å². The van der Waals surface area contributed by atoms with Crippen molar-refractivity contribution >= 4 is 5.97 Å². The van der Waals surface area contributed by atoms with Crippen molar-refractivity contribution in [2.24, 2.45) is 5.92 Å². The van der Waals surface area contributed by atoms with Gasteiger partial charge in [-0.05, 0) is 25.8 Å². The van der Waals surface area contributed by atoms with Gasteiger partial charge in [0.25, 0.3) is 0 Å². The van der Waals surface area contributed by atoms with Crippen LogP contribution in [0.1, 0.15) is 20.3 Å². The molecule has 64 valence electrons. The monoisotopic (exact) mass is 157 g/mol. The highest BCUT2D eigenvalue weighted by atomic mass is 16.4. The highest BCUT2D eigenvalue weighted by molar-refractivity contribution is 5.69. The van der Waals surface area contributed by atoms with E-state index in [1.54, 1.807) is 0 Å². The highest BCUT2D eigenvalue weighted by Crippen LogP contribution is 2.22. The van der Waals surface area contributed by atoms with E-state index in [1.807, 2.05) is 4.90 Å². The van der Waals surface area contributed by atoms with Crippen molar-refractivity contribution < 1.29 is 9.90 Å². The van der Waals surface area contributed by atoms with Gasteiger partial charge in [-0.15, -0.1) is 0 Å². The molecule has 0 aliphatic carbocycles. The first-order valence-electron chi connectivity index (χ1n) is 4.07. The number of carbonyl (C=O) groups is 1. The Hall–Kier alpha value is -0.570. The third-order valence-corrected chi connectivity index (χ3v) is 2.61. The van der Waals surface area contributed by atoms with E-state index < -0.39 is 5.97 Å². The Morgan fingerprint density at radius 3 is 2.64 bits per heavy atom. The second kappa shape index (κ2) is 3.22. The summed E-state index contributed by atoms with van der Waals surface area (Å²) in [5, 5.41) is 8.54. The first-order chi connectivity index (χ1) is 5.11. The summed E-state index contributed by atoms with van der Waals surface area (Å²) < 4.78 is 0. The molecule has 1 saturated heterocycles. The van der Waals surface area contributed by atoms with E-state index in [1.165, 1.54) is 0 Å². The van der Waals surface area contributed by atoms with Crippen LogP contribution < -0.4 is 0 Å². The van der Waals surface area contributed by atoms with Gasteiger partial charge >= 0.3 is 5.97 Å². The van der Waals surface area contributed by atoms with E-state index in [-0.39, 0.29) is 6.54 Å². The molecule has 0 aromatic heterocycles. The zero-order valence-electron chi connectivity index (χ0n) is 7.08. The average molecular weight is 157 g/mol. The number of carboxylic acid groups (broad SMARTS) is 1. The molecule has 11 heavy (non-hydrogen) atoms. The molecule has 2 unspecified atom stereocenters. The molecular formula is C8H15NO2. The molecule has 1 aliphatic heterocycles. The summed E-state index contributed by atoms with van der Waals surface area (Å²) >= 11 is 0. The minimum atomic E-state index is -0.717. The number of nitrogens with zero attached hydrogens (tertiary/aromatic N) is 1. The van der Waals surface area contributed by atoms with E-state index >= 15 is 0 Å². The third-order valence-electron chi connectivity index (χ3n) is 2.61. The van der Waals surface area contributed by atoms with Crippen LogP contribution in [0.4, 0.5) is 0 Å². The largest absolute Gasteiger partial charge is 0.480 e. The molecule has 0 saturated carbocycles. The van der Waals surface area contributed by atoms with Crippen LogP contribution in [0.3, 0.4) is 0 Å². The van der Waals surface area contributed by atoms with Gasteiger partial charge in [-0.2, -0.15) is 0 Å². The zero-order chi connectivity index (χ0) is 8.43. The van der Waals surface area contributed by atoms with Crippen LogP contribution in [0.25, 0.3) is 0 Å². The fraction of sp³-hybridized carbons (Fsp3) is 0.875. The summed E-state index contributed by atoms with van der Waals surface area (Å²) in [5.41, 5.74) is 0. The molecule has 0 amide bonds. The summed E-state index contributed by atoms with van der Waals surface area (Å²) in [6.07, 6.45) is 1.13. The number of aliphatic carboxylic acids is 1. The van der Waals surface area contributed by atoms with Crippen LogP contribution in [0.5, 0.6) is 0 Å². The van der Waals surface area contributed by atoms with Gasteiger partial charge in [0.1, 0.15) is 0 Å². The van der Waals surface area contributed by atoms with E-state index in [2.05, 4.69) is 13.8 Å². The van der Waals surface area contributed by atoms with Gasteiger partial charge in [0.15, 0.2) is 0 Å². The molecule has 3 nitrogen and oxygen atoms in total. The summed E-state index contributed by atoms with van der Waals surface area (Å²) in [6.45, 7) is 5.41. The molecule has 3 heteroatoms. The lowest BCUT2D eigenvalue weighted by Crippen LogP contribution is -2.34. The average Bonchev–Trinajstić information content (AvgIpc) is 2.18. The van der Waals surface area contributed by atoms with E-state index in [9.17, 15) is 4.79 Å². The lowest BCUT2D eigenvalue weighted by molar-refractivity contribution is -0.138. The van der Waals surface area contributed by atoms with Gasteiger partial charge in [-0.1, -0.05) is 6.92 Å². The molecular weight excluding hydrogens is 142 g/mol. The van der Waals surface area contributed by atoms with Crippen molar-refractivity contribution in [1.29, 1.82) is 0 Å². The van der Waals surface area contributed by atoms with E-state index in [0.717, 1.165) is 13.0 Å². The number of carboxylic acids is 1. The van der Waals surface area contributed by atoms with Gasteiger partial charge < -0.3 is 5.11 Å². The van der Waals surface area contributed by atoms with Crippen LogP contribution in [0.15, 0.2) is 0 Å². The smallest absolute Gasteiger partial charge is 0.317 e. The molecule has 1 heterocycles. The number of likely N-dealkylation sites (tertiary alicyclic amines) is 1. The number of rotatable bonds is 2. The van der Waals surface area contributed by atoms with Gasteiger partial charge in [0, 0.05) is 6.04 Å². The Bertz CT molecular complexity index is 158. The summed E-state index contributed by atoms with van der Waals surface area (Å²) in [4.78, 5) is 12.4. The quantitative estimate of drug-likeness (QED) is 0.644. The summed E-state index contributed by atoms with van der Waals surface area (Å²) in [6, 6.07) is 0.436. The first-order valence-corrected chi connectivity index (χ1v) is 4.07. The van der Waals surface area contributed by atoms with Crippen molar-refractivity contribution in [2.45, 2.75) is 26.3 Å². The molecule has 1 aliphatic rings. The maximum Gasteiger partial charge on any atom is 0.317 e. The zero-order valence-corrected chi connectivity index (χ0v) is 7.08. The topological polar surface area (TPSA) is 40.5 Å². The lowest BCUT2D eigenvalue weighted by Gasteiger charge is -2.20. The molecule has 0 radical (unpaired) electrons. The SMILES string of the molecule is CC1CCN(CC(=O)O)C1C. The Kier molecular flexibility index (Phi) is 2.49. The van der Waals surface area contributed by atoms with Crippen LogP contribution in [-0.2, 0) is 4.79 Å². The van der Waals surface area contributed by atoms with Gasteiger partial charge in [0.2, 0.25) is 0 Å². The second-order valence-corrected chi connectivity index (χ2v) is 3.37. The van der Waals surface area contributed by atoms with Gasteiger partial charge in [-0.25, -0.2) is 0 Å². The van der Waals surface area contributed by atoms with E-state index in [4.69, 9.17) is 5.11 Å². The van der Waals surface area contributed by atoms with Crippen molar-refractivity contribution in [3.05, 3.63) is 0 Å². The van der Waals surface area contributed by atoms with Crippen LogP contribution in [0, 0.1) is 5.92 Å². The van der Waals surface area contributed by atoms with Crippen LogP contribution >= 0.6 is 0 Å². The molecule has 1 rings (SSSR count). The predicted octanol–water partition coefficient (Wildman–Crippen LogP) is 0.801. The standard InChI is InChI=1S/C8H15NO2/c1-6-3-4-9(7(6)2)5-8(10)11/h6-7H,3-5H2,1-2H3,(H,10,11). The minimum absolute atomic E-state index is 0.200. The first kappa shape index (κ1) is 8.53. The maximum absolute atomic E-state index is 10.4. The third kappa shape index (κ3) is 1.93. The molecule has 2 atom stereocenters.